The summed E-state index contributed by atoms with van der Waals surface area (Å²) in [5.74, 6) is 1.02. The van der Waals surface area contributed by atoms with Crippen LogP contribution < -0.4 is 4.74 Å². The number of rotatable bonds is 3. The van der Waals surface area contributed by atoms with Crippen molar-refractivity contribution >= 4 is 17.0 Å². The SMILES string of the molecule is N#Cc1cnc2c(c1)CCCC2Oc1ccc2c(c1)c(C1CC1)nn2C(=O)O. The lowest BCUT2D eigenvalue weighted by Gasteiger charge is -2.25. The van der Waals surface area contributed by atoms with E-state index in [9.17, 15) is 9.90 Å². The van der Waals surface area contributed by atoms with Crippen LogP contribution in [0.4, 0.5) is 4.79 Å². The Bertz CT molecular complexity index is 1140. The minimum atomic E-state index is -1.08. The molecule has 0 spiro atoms. The van der Waals surface area contributed by atoms with E-state index in [-0.39, 0.29) is 6.10 Å². The highest BCUT2D eigenvalue weighted by atomic mass is 16.5. The molecule has 7 nitrogen and oxygen atoms in total. The molecule has 1 saturated carbocycles. The van der Waals surface area contributed by atoms with E-state index in [1.165, 1.54) is 0 Å². The molecular weight excluding hydrogens is 356 g/mol. The zero-order chi connectivity index (χ0) is 19.3. The lowest BCUT2D eigenvalue weighted by Crippen LogP contribution is -2.17. The number of carbonyl (C=O) groups is 1. The minimum absolute atomic E-state index is 0.173. The van der Waals surface area contributed by atoms with Crippen LogP contribution in [0.5, 0.6) is 5.75 Å². The lowest BCUT2D eigenvalue weighted by molar-refractivity contribution is 0.178. The van der Waals surface area contributed by atoms with E-state index in [0.717, 1.165) is 59.1 Å². The van der Waals surface area contributed by atoms with Gasteiger partial charge in [-0.3, -0.25) is 4.98 Å². The van der Waals surface area contributed by atoms with Crippen molar-refractivity contribution in [3.8, 4) is 11.8 Å². The van der Waals surface area contributed by atoms with Crippen molar-refractivity contribution in [2.75, 3.05) is 0 Å². The number of benzene rings is 1. The van der Waals surface area contributed by atoms with Crippen LogP contribution in [0.1, 0.15) is 60.2 Å². The molecule has 2 aliphatic rings. The zero-order valence-corrected chi connectivity index (χ0v) is 15.1. The van der Waals surface area contributed by atoms with Crippen LogP contribution in [-0.2, 0) is 6.42 Å². The number of nitrogens with zero attached hydrogens (tertiary/aromatic N) is 4. The van der Waals surface area contributed by atoms with Gasteiger partial charge in [0.1, 0.15) is 17.9 Å². The number of ether oxygens (including phenoxy) is 1. The number of fused-ring (bicyclic) bond motifs is 2. The highest BCUT2D eigenvalue weighted by Crippen LogP contribution is 2.43. The third-order valence-corrected chi connectivity index (χ3v) is 5.45. The van der Waals surface area contributed by atoms with Crippen molar-refractivity contribution in [1.29, 1.82) is 5.26 Å². The first kappa shape index (κ1) is 16.8. The van der Waals surface area contributed by atoms with Gasteiger partial charge in [0.2, 0.25) is 0 Å². The summed E-state index contributed by atoms with van der Waals surface area (Å²) >= 11 is 0. The number of nitriles is 1. The Kier molecular flexibility index (Phi) is 3.79. The summed E-state index contributed by atoms with van der Waals surface area (Å²) in [5, 5.41) is 23.7. The molecule has 140 valence electrons. The van der Waals surface area contributed by atoms with Crippen molar-refractivity contribution in [2.24, 2.45) is 0 Å². The van der Waals surface area contributed by atoms with Crippen LogP contribution in [0.15, 0.2) is 30.5 Å². The second kappa shape index (κ2) is 6.34. The quantitative estimate of drug-likeness (QED) is 0.738. The molecule has 2 aliphatic carbocycles. The van der Waals surface area contributed by atoms with Gasteiger partial charge >= 0.3 is 6.09 Å². The summed E-state index contributed by atoms with van der Waals surface area (Å²) in [6, 6.07) is 9.47. The first-order valence-corrected chi connectivity index (χ1v) is 9.45. The van der Waals surface area contributed by atoms with Crippen LogP contribution in [-0.4, -0.2) is 26.0 Å². The van der Waals surface area contributed by atoms with Crippen LogP contribution in [0.3, 0.4) is 0 Å². The molecule has 28 heavy (non-hydrogen) atoms. The van der Waals surface area contributed by atoms with Crippen molar-refractivity contribution < 1.29 is 14.6 Å². The Morgan fingerprint density at radius 1 is 1.25 bits per heavy atom. The van der Waals surface area contributed by atoms with Crippen LogP contribution >= 0.6 is 0 Å². The van der Waals surface area contributed by atoms with E-state index in [4.69, 9.17) is 10.00 Å². The van der Waals surface area contributed by atoms with Gasteiger partial charge in [-0.1, -0.05) is 0 Å². The largest absolute Gasteiger partial charge is 0.484 e. The maximum Gasteiger partial charge on any atom is 0.432 e. The Morgan fingerprint density at radius 2 is 2.11 bits per heavy atom. The van der Waals surface area contributed by atoms with Crippen LogP contribution in [0.25, 0.3) is 10.9 Å². The van der Waals surface area contributed by atoms with Gasteiger partial charge in [0.05, 0.1) is 22.5 Å². The van der Waals surface area contributed by atoms with E-state index in [0.29, 0.717) is 22.7 Å². The van der Waals surface area contributed by atoms with Gasteiger partial charge in [-0.2, -0.15) is 15.0 Å². The van der Waals surface area contributed by atoms with Crippen molar-refractivity contribution in [3.63, 3.8) is 0 Å². The molecule has 5 rings (SSSR count). The molecule has 0 bridgehead atoms. The molecule has 1 fully saturated rings. The fourth-order valence-electron chi connectivity index (χ4n) is 3.96. The summed E-state index contributed by atoms with van der Waals surface area (Å²) in [6.45, 7) is 0. The monoisotopic (exact) mass is 374 g/mol. The summed E-state index contributed by atoms with van der Waals surface area (Å²) in [6.07, 6.45) is 5.14. The van der Waals surface area contributed by atoms with Gasteiger partial charge in [0.25, 0.3) is 0 Å². The number of hydrogen-bond donors (Lipinski definition) is 1. The van der Waals surface area contributed by atoms with Crippen molar-refractivity contribution in [3.05, 3.63) is 53.0 Å². The van der Waals surface area contributed by atoms with E-state index in [1.54, 1.807) is 18.3 Å². The molecule has 7 heteroatoms. The number of carboxylic acid groups (broad SMARTS) is 1. The standard InChI is InChI=1S/C21H18N4O3/c22-10-12-8-14-2-1-3-18(20(14)23-11-12)28-15-6-7-17-16(9-15)19(13-4-5-13)24-25(17)21(26)27/h6-9,11,13,18H,1-5H2,(H,26,27). The van der Waals surface area contributed by atoms with E-state index >= 15 is 0 Å². The first-order valence-electron chi connectivity index (χ1n) is 9.45. The maximum absolute atomic E-state index is 11.5. The highest BCUT2D eigenvalue weighted by Gasteiger charge is 2.31. The minimum Gasteiger partial charge on any atom is -0.484 e. The van der Waals surface area contributed by atoms with Crippen molar-refractivity contribution in [2.45, 2.75) is 44.1 Å². The topological polar surface area (TPSA) is 101 Å². The zero-order valence-electron chi connectivity index (χ0n) is 15.1. The molecule has 0 radical (unpaired) electrons. The maximum atomic E-state index is 11.5. The molecular formula is C21H18N4O3. The molecule has 3 aromatic rings. The summed E-state index contributed by atoms with van der Waals surface area (Å²) < 4.78 is 7.31. The van der Waals surface area contributed by atoms with Gasteiger partial charge in [0, 0.05) is 17.5 Å². The van der Waals surface area contributed by atoms with Gasteiger partial charge in [-0.05, 0) is 61.9 Å². The van der Waals surface area contributed by atoms with E-state index in [1.807, 2.05) is 12.1 Å². The Hall–Kier alpha value is -3.40. The molecule has 1 aromatic carbocycles. The number of aromatic nitrogens is 3. The Morgan fingerprint density at radius 3 is 2.86 bits per heavy atom. The van der Waals surface area contributed by atoms with Gasteiger partial charge in [-0.25, -0.2) is 4.79 Å². The average Bonchev–Trinajstić information content (AvgIpc) is 3.48. The molecule has 2 heterocycles. The smallest absolute Gasteiger partial charge is 0.432 e. The molecule has 0 aliphatic heterocycles. The number of hydrogen-bond acceptors (Lipinski definition) is 5. The predicted molar refractivity (Wildman–Crippen MR) is 100 cm³/mol. The Balaban J connectivity index is 1.51. The Labute approximate surface area is 161 Å². The lowest BCUT2D eigenvalue weighted by atomic mass is 9.93. The fraction of sp³-hybridized carbons (Fsp3) is 0.333. The third-order valence-electron chi connectivity index (χ3n) is 5.45. The first-order chi connectivity index (χ1) is 13.6. The molecule has 1 unspecified atom stereocenters. The molecule has 0 amide bonds. The van der Waals surface area contributed by atoms with E-state index in [2.05, 4.69) is 16.2 Å². The van der Waals surface area contributed by atoms with Crippen LogP contribution in [0.2, 0.25) is 0 Å². The fourth-order valence-corrected chi connectivity index (χ4v) is 3.96. The predicted octanol–water partition coefficient (Wildman–Crippen LogP) is 4.16. The van der Waals surface area contributed by atoms with E-state index < -0.39 is 6.09 Å². The van der Waals surface area contributed by atoms with Gasteiger partial charge < -0.3 is 9.84 Å². The third kappa shape index (κ3) is 2.78. The average molecular weight is 374 g/mol. The summed E-state index contributed by atoms with van der Waals surface area (Å²) in [5.41, 5.74) is 3.94. The van der Waals surface area contributed by atoms with Crippen molar-refractivity contribution in [1.82, 2.24) is 14.8 Å². The van der Waals surface area contributed by atoms with Gasteiger partial charge in [0.15, 0.2) is 0 Å². The number of aryl methyl sites for hydroxylation is 1. The second-order valence-electron chi connectivity index (χ2n) is 7.41. The second-order valence-corrected chi connectivity index (χ2v) is 7.41. The molecule has 0 saturated heterocycles. The molecule has 1 N–H and O–H groups in total. The highest BCUT2D eigenvalue weighted by molar-refractivity contribution is 5.90. The number of pyridine rings is 1. The van der Waals surface area contributed by atoms with Gasteiger partial charge in [-0.15, -0.1) is 0 Å². The summed E-state index contributed by atoms with van der Waals surface area (Å²) in [4.78, 5) is 16.0. The normalized spacial score (nSPS) is 18.5. The molecule has 1 atom stereocenters. The van der Waals surface area contributed by atoms with Crippen LogP contribution in [0, 0.1) is 11.3 Å². The molecule has 2 aromatic heterocycles. The summed E-state index contributed by atoms with van der Waals surface area (Å²) in [7, 11) is 0.